The van der Waals surface area contributed by atoms with Gasteiger partial charge in [-0.2, -0.15) is 0 Å². The summed E-state index contributed by atoms with van der Waals surface area (Å²) >= 11 is 0. The van der Waals surface area contributed by atoms with Crippen molar-refractivity contribution in [1.29, 1.82) is 0 Å². The molecule has 0 aromatic heterocycles. The number of carbonyl (C=O) groups is 3. The Hall–Kier alpha value is -3.13. The fourth-order valence-electron chi connectivity index (χ4n) is 3.52. The molecule has 0 bridgehead atoms. The number of nitrogens with one attached hydrogen (secondary N) is 2. The first-order chi connectivity index (χ1) is 14.7. The van der Waals surface area contributed by atoms with E-state index in [2.05, 4.69) is 10.6 Å². The predicted octanol–water partition coefficient (Wildman–Crippen LogP) is 2.55. The summed E-state index contributed by atoms with van der Waals surface area (Å²) < 4.78 is 10.7. The SMILES string of the molecule is COc1ccc2cc([C@@]3(C)NC(=O)N(CC(=O)NCCCOC(C)C)C3=O)ccc2c1. The quantitative estimate of drug-likeness (QED) is 0.474. The van der Waals surface area contributed by atoms with E-state index in [1.54, 1.807) is 20.1 Å². The van der Waals surface area contributed by atoms with Crippen LogP contribution in [0.4, 0.5) is 4.79 Å². The van der Waals surface area contributed by atoms with Crippen LogP contribution < -0.4 is 15.4 Å². The Morgan fingerprint density at radius 1 is 1.16 bits per heavy atom. The fraction of sp³-hybridized carbons (Fsp3) is 0.435. The highest BCUT2D eigenvalue weighted by atomic mass is 16.5. The molecule has 2 aromatic carbocycles. The molecule has 1 atom stereocenters. The van der Waals surface area contributed by atoms with E-state index < -0.39 is 17.5 Å². The third kappa shape index (κ3) is 4.96. The molecule has 1 saturated heterocycles. The van der Waals surface area contributed by atoms with Crippen molar-refractivity contribution in [3.63, 3.8) is 0 Å². The first-order valence-corrected chi connectivity index (χ1v) is 10.4. The van der Waals surface area contributed by atoms with E-state index in [0.717, 1.165) is 21.4 Å². The molecule has 0 radical (unpaired) electrons. The lowest BCUT2D eigenvalue weighted by molar-refractivity contribution is -0.134. The Morgan fingerprint density at radius 3 is 2.58 bits per heavy atom. The maximum absolute atomic E-state index is 13.1. The van der Waals surface area contributed by atoms with Crippen LogP contribution in [0.3, 0.4) is 0 Å². The van der Waals surface area contributed by atoms with Gasteiger partial charge in [0.05, 0.1) is 13.2 Å². The number of fused-ring (bicyclic) bond motifs is 1. The van der Waals surface area contributed by atoms with Crippen LogP contribution in [0.2, 0.25) is 0 Å². The van der Waals surface area contributed by atoms with Crippen molar-refractivity contribution in [1.82, 2.24) is 15.5 Å². The number of urea groups is 1. The first-order valence-electron chi connectivity index (χ1n) is 10.4. The molecule has 1 heterocycles. The molecule has 0 saturated carbocycles. The molecule has 0 spiro atoms. The number of methoxy groups -OCH3 is 1. The largest absolute Gasteiger partial charge is 0.497 e. The number of imide groups is 1. The van der Waals surface area contributed by atoms with Gasteiger partial charge in [0.2, 0.25) is 5.91 Å². The molecule has 2 aromatic rings. The smallest absolute Gasteiger partial charge is 0.325 e. The van der Waals surface area contributed by atoms with Crippen molar-refractivity contribution in [2.75, 3.05) is 26.8 Å². The first kappa shape index (κ1) is 22.6. The maximum Gasteiger partial charge on any atom is 0.325 e. The molecular formula is C23H29N3O5. The van der Waals surface area contributed by atoms with E-state index in [1.807, 2.05) is 44.2 Å². The summed E-state index contributed by atoms with van der Waals surface area (Å²) in [5.74, 6) is -0.101. The number of nitrogens with zero attached hydrogens (tertiary/aromatic N) is 1. The average Bonchev–Trinajstić information content (AvgIpc) is 2.96. The van der Waals surface area contributed by atoms with Gasteiger partial charge in [0, 0.05) is 13.2 Å². The van der Waals surface area contributed by atoms with Crippen molar-refractivity contribution in [3.05, 3.63) is 42.0 Å². The Bertz CT molecular complexity index is 990. The molecule has 31 heavy (non-hydrogen) atoms. The van der Waals surface area contributed by atoms with Gasteiger partial charge in [0.1, 0.15) is 17.8 Å². The molecule has 3 rings (SSSR count). The second kappa shape index (κ2) is 9.34. The summed E-state index contributed by atoms with van der Waals surface area (Å²) in [5.41, 5.74) is -0.589. The van der Waals surface area contributed by atoms with E-state index in [9.17, 15) is 14.4 Å². The second-order valence-corrected chi connectivity index (χ2v) is 8.00. The molecule has 1 aliphatic heterocycles. The number of amides is 4. The van der Waals surface area contributed by atoms with Gasteiger partial charge in [0.25, 0.3) is 5.91 Å². The standard InChI is InChI=1S/C23H29N3O5/c1-15(2)31-11-5-10-24-20(27)14-26-21(28)23(3,25-22(26)29)18-8-6-17-13-19(30-4)9-7-16(17)12-18/h6-9,12-13,15H,5,10-11,14H2,1-4H3,(H,24,27)(H,25,29)/t23-/m1/s1. The lowest BCUT2D eigenvalue weighted by atomic mass is 9.90. The van der Waals surface area contributed by atoms with Crippen LogP contribution in [0.5, 0.6) is 5.75 Å². The summed E-state index contributed by atoms with van der Waals surface area (Å²) in [4.78, 5) is 38.8. The van der Waals surface area contributed by atoms with Crippen molar-refractivity contribution >= 4 is 28.6 Å². The number of hydrogen-bond acceptors (Lipinski definition) is 5. The molecular weight excluding hydrogens is 398 g/mol. The van der Waals surface area contributed by atoms with Crippen LogP contribution in [0.1, 0.15) is 32.8 Å². The van der Waals surface area contributed by atoms with Gasteiger partial charge in [-0.05, 0) is 61.7 Å². The van der Waals surface area contributed by atoms with E-state index in [1.165, 1.54) is 0 Å². The van der Waals surface area contributed by atoms with Crippen LogP contribution in [0.25, 0.3) is 10.8 Å². The Kier molecular flexibility index (Phi) is 6.80. The second-order valence-electron chi connectivity index (χ2n) is 8.00. The zero-order valence-electron chi connectivity index (χ0n) is 18.4. The lowest BCUT2D eigenvalue weighted by Crippen LogP contribution is -2.43. The monoisotopic (exact) mass is 427 g/mol. The van der Waals surface area contributed by atoms with Crippen molar-refractivity contribution in [2.24, 2.45) is 0 Å². The minimum Gasteiger partial charge on any atom is -0.497 e. The van der Waals surface area contributed by atoms with Gasteiger partial charge in [-0.3, -0.25) is 14.5 Å². The average molecular weight is 428 g/mol. The van der Waals surface area contributed by atoms with Crippen LogP contribution in [0, 0.1) is 0 Å². The number of benzene rings is 2. The van der Waals surface area contributed by atoms with Crippen LogP contribution in [-0.2, 0) is 19.9 Å². The van der Waals surface area contributed by atoms with Gasteiger partial charge in [-0.25, -0.2) is 4.79 Å². The normalized spacial score (nSPS) is 18.5. The molecule has 2 N–H and O–H groups in total. The van der Waals surface area contributed by atoms with Crippen molar-refractivity contribution in [3.8, 4) is 5.75 Å². The van der Waals surface area contributed by atoms with Crippen LogP contribution in [0.15, 0.2) is 36.4 Å². The summed E-state index contributed by atoms with van der Waals surface area (Å²) in [7, 11) is 1.60. The molecule has 8 heteroatoms. The minimum absolute atomic E-state index is 0.136. The molecule has 1 aliphatic rings. The van der Waals surface area contributed by atoms with Gasteiger partial charge in [-0.15, -0.1) is 0 Å². The lowest BCUT2D eigenvalue weighted by Gasteiger charge is -2.22. The van der Waals surface area contributed by atoms with Gasteiger partial charge in [0.15, 0.2) is 0 Å². The Labute approximate surface area is 181 Å². The van der Waals surface area contributed by atoms with Crippen molar-refractivity contribution < 1.29 is 23.9 Å². The van der Waals surface area contributed by atoms with Gasteiger partial charge in [-0.1, -0.05) is 18.2 Å². The van der Waals surface area contributed by atoms with E-state index in [-0.39, 0.29) is 18.6 Å². The molecule has 8 nitrogen and oxygen atoms in total. The topological polar surface area (TPSA) is 97.0 Å². The van der Waals surface area contributed by atoms with E-state index in [0.29, 0.717) is 25.1 Å². The number of rotatable bonds is 9. The summed E-state index contributed by atoms with van der Waals surface area (Å²) in [6, 6.07) is 10.6. The Morgan fingerprint density at radius 2 is 1.87 bits per heavy atom. The van der Waals surface area contributed by atoms with E-state index in [4.69, 9.17) is 9.47 Å². The number of carbonyl (C=O) groups excluding carboxylic acids is 3. The minimum atomic E-state index is -1.24. The molecule has 0 aliphatic carbocycles. The highest BCUT2D eigenvalue weighted by Gasteiger charge is 2.49. The molecule has 0 unspecified atom stereocenters. The zero-order chi connectivity index (χ0) is 22.6. The number of ether oxygens (including phenoxy) is 2. The summed E-state index contributed by atoms with van der Waals surface area (Å²) in [5, 5.41) is 7.34. The highest BCUT2D eigenvalue weighted by Crippen LogP contribution is 2.31. The zero-order valence-corrected chi connectivity index (χ0v) is 18.4. The van der Waals surface area contributed by atoms with Crippen LogP contribution in [-0.4, -0.2) is 55.7 Å². The number of hydrogen-bond donors (Lipinski definition) is 2. The van der Waals surface area contributed by atoms with Crippen molar-refractivity contribution in [2.45, 2.75) is 38.8 Å². The molecule has 166 valence electrons. The third-order valence-corrected chi connectivity index (χ3v) is 5.30. The highest BCUT2D eigenvalue weighted by molar-refractivity contribution is 6.09. The third-order valence-electron chi connectivity index (χ3n) is 5.30. The van der Waals surface area contributed by atoms with Crippen LogP contribution >= 0.6 is 0 Å². The summed E-state index contributed by atoms with van der Waals surface area (Å²) in [6.45, 7) is 6.17. The molecule has 1 fully saturated rings. The maximum atomic E-state index is 13.1. The predicted molar refractivity (Wildman–Crippen MR) is 117 cm³/mol. The van der Waals surface area contributed by atoms with Gasteiger partial charge < -0.3 is 20.1 Å². The van der Waals surface area contributed by atoms with Gasteiger partial charge >= 0.3 is 6.03 Å². The fourth-order valence-corrected chi connectivity index (χ4v) is 3.52. The summed E-state index contributed by atoms with van der Waals surface area (Å²) in [6.07, 6.45) is 0.792. The Balaban J connectivity index is 1.67. The molecule has 4 amide bonds. The van der Waals surface area contributed by atoms with E-state index >= 15 is 0 Å².